The van der Waals surface area contributed by atoms with E-state index in [9.17, 15) is 4.79 Å². The molecular weight excluding hydrogens is 530 g/mol. The number of ether oxygens (including phenoxy) is 3. The van der Waals surface area contributed by atoms with Crippen LogP contribution in [0.4, 0.5) is 0 Å². The third kappa shape index (κ3) is 6.97. The average Bonchev–Trinajstić information content (AvgIpc) is 2.75. The summed E-state index contributed by atoms with van der Waals surface area (Å²) in [5.41, 5.74) is 1.86. The van der Waals surface area contributed by atoms with Crippen LogP contribution >= 0.6 is 31.9 Å². The van der Waals surface area contributed by atoms with Gasteiger partial charge in [0.1, 0.15) is 11.5 Å². The zero-order valence-corrected chi connectivity index (χ0v) is 21.4. The van der Waals surface area contributed by atoms with Gasteiger partial charge in [-0.25, -0.2) is 4.79 Å². The van der Waals surface area contributed by atoms with E-state index in [1.165, 1.54) is 6.21 Å². The number of methoxy groups -OCH3 is 1. The van der Waals surface area contributed by atoms with Crippen LogP contribution in [0.2, 0.25) is 0 Å². The zero-order chi connectivity index (χ0) is 23.0. The van der Waals surface area contributed by atoms with Gasteiger partial charge < -0.3 is 19.0 Å². The Morgan fingerprint density at radius 2 is 1.81 bits per heavy atom. The Bertz CT molecular complexity index is 909. The summed E-state index contributed by atoms with van der Waals surface area (Å²) in [6.45, 7) is 7.92. The van der Waals surface area contributed by atoms with Crippen molar-refractivity contribution in [3.05, 3.63) is 50.4 Å². The fraction of sp³-hybridized carbons (Fsp3) is 0.391. The highest BCUT2D eigenvalue weighted by Crippen LogP contribution is 2.39. The lowest BCUT2D eigenvalue weighted by atomic mass is 9.97. The maximum Gasteiger partial charge on any atom is 0.349 e. The van der Waals surface area contributed by atoms with Crippen LogP contribution in [0, 0.1) is 0 Å². The summed E-state index contributed by atoms with van der Waals surface area (Å²) in [4.78, 5) is 16.7. The lowest BCUT2D eigenvalue weighted by Crippen LogP contribution is -2.21. The Morgan fingerprint density at radius 3 is 2.39 bits per heavy atom. The molecule has 2 atom stereocenters. The second-order valence-corrected chi connectivity index (χ2v) is 8.57. The Hall–Kier alpha value is -2.06. The number of hydrogen-bond donors (Lipinski definition) is 0. The first-order chi connectivity index (χ1) is 14.8. The van der Waals surface area contributed by atoms with E-state index in [0.717, 1.165) is 32.2 Å². The zero-order valence-electron chi connectivity index (χ0n) is 18.3. The molecule has 0 saturated carbocycles. The van der Waals surface area contributed by atoms with Crippen LogP contribution in [0.15, 0.2) is 44.4 Å². The van der Waals surface area contributed by atoms with Crippen molar-refractivity contribution in [1.82, 2.24) is 0 Å². The molecule has 0 saturated heterocycles. The van der Waals surface area contributed by atoms with Gasteiger partial charge in [-0.2, -0.15) is 0 Å². The van der Waals surface area contributed by atoms with E-state index in [1.54, 1.807) is 21.0 Å². The van der Waals surface area contributed by atoms with Gasteiger partial charge in [-0.1, -0.05) is 19.0 Å². The first kappa shape index (κ1) is 25.2. The van der Waals surface area contributed by atoms with E-state index < -0.39 is 12.1 Å². The first-order valence-corrected chi connectivity index (χ1v) is 11.6. The molecule has 6 nitrogen and oxygen atoms in total. The average molecular weight is 557 g/mol. The number of oxime groups is 1. The molecule has 0 aliphatic carbocycles. The van der Waals surface area contributed by atoms with Crippen LogP contribution in [0.5, 0.6) is 17.2 Å². The van der Waals surface area contributed by atoms with Gasteiger partial charge in [0.15, 0.2) is 5.75 Å². The molecule has 0 fully saturated rings. The number of esters is 1. The maximum absolute atomic E-state index is 11.6. The SMILES string of the molecule is CCOC(=O)C(C)O/N=C/c1cc(Br)c(Oc2ccc(OC)c(C(C)CC)c2)c(Br)c1. The molecule has 0 aliphatic rings. The van der Waals surface area contributed by atoms with Crippen molar-refractivity contribution >= 4 is 44.0 Å². The molecule has 168 valence electrons. The predicted octanol–water partition coefficient (Wildman–Crippen LogP) is 6.83. The van der Waals surface area contributed by atoms with E-state index in [0.29, 0.717) is 24.0 Å². The Labute approximate surface area is 200 Å². The highest BCUT2D eigenvalue weighted by atomic mass is 79.9. The number of halogens is 2. The van der Waals surface area contributed by atoms with E-state index >= 15 is 0 Å². The number of nitrogens with zero attached hydrogens (tertiary/aromatic N) is 1. The largest absolute Gasteiger partial charge is 0.496 e. The normalized spacial score (nSPS) is 13.0. The highest BCUT2D eigenvalue weighted by Gasteiger charge is 2.16. The summed E-state index contributed by atoms with van der Waals surface area (Å²) in [7, 11) is 1.67. The van der Waals surface area contributed by atoms with E-state index in [4.69, 9.17) is 19.0 Å². The number of hydrogen-bond acceptors (Lipinski definition) is 6. The predicted molar refractivity (Wildman–Crippen MR) is 128 cm³/mol. The lowest BCUT2D eigenvalue weighted by Gasteiger charge is -2.17. The van der Waals surface area contributed by atoms with Gasteiger partial charge in [-0.15, -0.1) is 0 Å². The first-order valence-electron chi connectivity index (χ1n) is 10.0. The van der Waals surface area contributed by atoms with E-state index in [1.807, 2.05) is 30.3 Å². The fourth-order valence-corrected chi connectivity index (χ4v) is 4.12. The minimum Gasteiger partial charge on any atom is -0.496 e. The minimum absolute atomic E-state index is 0.296. The summed E-state index contributed by atoms with van der Waals surface area (Å²) in [6.07, 6.45) is 1.74. The molecule has 0 radical (unpaired) electrons. The highest BCUT2D eigenvalue weighted by molar-refractivity contribution is 9.11. The van der Waals surface area contributed by atoms with Gasteiger partial charge in [0.2, 0.25) is 6.10 Å². The number of benzene rings is 2. The summed E-state index contributed by atoms with van der Waals surface area (Å²) >= 11 is 7.11. The molecule has 2 aromatic carbocycles. The van der Waals surface area contributed by atoms with Gasteiger partial charge in [-0.05, 0) is 93.9 Å². The van der Waals surface area contributed by atoms with Crippen LogP contribution < -0.4 is 9.47 Å². The van der Waals surface area contributed by atoms with Crippen molar-refractivity contribution in [3.63, 3.8) is 0 Å². The van der Waals surface area contributed by atoms with Crippen LogP contribution in [-0.4, -0.2) is 32.0 Å². The summed E-state index contributed by atoms with van der Waals surface area (Å²) < 4.78 is 18.0. The molecule has 0 aromatic heterocycles. The molecule has 0 aliphatic heterocycles. The maximum atomic E-state index is 11.6. The Balaban J connectivity index is 2.18. The lowest BCUT2D eigenvalue weighted by molar-refractivity contribution is -0.155. The molecule has 2 rings (SSSR count). The quantitative estimate of drug-likeness (QED) is 0.182. The third-order valence-electron chi connectivity index (χ3n) is 4.62. The standard InChI is InChI=1S/C23H27Br2NO5/c1-6-14(3)18-12-17(8-9-21(18)28-5)30-22-19(24)10-16(11-20(22)25)13-26-31-15(4)23(27)29-7-2/h8-15H,6-7H2,1-5H3/b26-13+. The minimum atomic E-state index is -0.777. The van der Waals surface area contributed by atoms with E-state index in [2.05, 4.69) is 50.9 Å². The second kappa shape index (κ2) is 12.1. The molecule has 0 bridgehead atoms. The number of carbonyl (C=O) groups excluding carboxylic acids is 1. The van der Waals surface area contributed by atoms with Gasteiger partial charge in [0, 0.05) is 5.56 Å². The fourth-order valence-electron chi connectivity index (χ4n) is 2.74. The Morgan fingerprint density at radius 1 is 1.13 bits per heavy atom. The molecule has 31 heavy (non-hydrogen) atoms. The molecule has 0 spiro atoms. The monoisotopic (exact) mass is 555 g/mol. The van der Waals surface area contributed by atoms with Crippen molar-refractivity contribution in [3.8, 4) is 17.2 Å². The van der Waals surface area contributed by atoms with Gasteiger partial charge in [-0.3, -0.25) is 0 Å². The summed E-state index contributed by atoms with van der Waals surface area (Å²) in [5, 5.41) is 3.88. The number of carbonyl (C=O) groups is 1. The molecule has 0 amide bonds. The van der Waals surface area contributed by atoms with E-state index in [-0.39, 0.29) is 0 Å². The topological polar surface area (TPSA) is 66.4 Å². The second-order valence-electron chi connectivity index (χ2n) is 6.86. The Kier molecular flexibility index (Phi) is 9.84. The molecule has 8 heteroatoms. The molecule has 0 N–H and O–H groups in total. The van der Waals surface area contributed by atoms with Gasteiger partial charge in [0.05, 0.1) is 28.9 Å². The number of rotatable bonds is 10. The van der Waals surface area contributed by atoms with Crippen LogP contribution in [-0.2, 0) is 14.4 Å². The van der Waals surface area contributed by atoms with Crippen molar-refractivity contribution in [2.75, 3.05) is 13.7 Å². The summed E-state index contributed by atoms with van der Waals surface area (Å²) in [5.74, 6) is 2.09. The van der Waals surface area contributed by atoms with Crippen LogP contribution in [0.25, 0.3) is 0 Å². The van der Waals surface area contributed by atoms with Crippen LogP contribution in [0.3, 0.4) is 0 Å². The van der Waals surface area contributed by atoms with Crippen molar-refractivity contribution in [2.45, 2.75) is 46.1 Å². The molecule has 2 aromatic rings. The van der Waals surface area contributed by atoms with Crippen molar-refractivity contribution in [1.29, 1.82) is 0 Å². The van der Waals surface area contributed by atoms with Gasteiger partial charge in [0.25, 0.3) is 0 Å². The smallest absolute Gasteiger partial charge is 0.349 e. The summed E-state index contributed by atoms with van der Waals surface area (Å²) in [6, 6.07) is 9.50. The molecular formula is C23H27Br2NO5. The van der Waals surface area contributed by atoms with Gasteiger partial charge >= 0.3 is 5.97 Å². The third-order valence-corrected chi connectivity index (χ3v) is 5.80. The van der Waals surface area contributed by atoms with Crippen molar-refractivity contribution < 1.29 is 23.8 Å². The van der Waals surface area contributed by atoms with Crippen molar-refractivity contribution in [2.24, 2.45) is 5.16 Å². The molecule has 0 heterocycles. The molecule has 2 unspecified atom stereocenters. The van der Waals surface area contributed by atoms with Crippen LogP contribution in [0.1, 0.15) is 51.2 Å².